The summed E-state index contributed by atoms with van der Waals surface area (Å²) in [6, 6.07) is 13.3. The normalized spacial score (nSPS) is 10.1. The summed E-state index contributed by atoms with van der Waals surface area (Å²) in [7, 11) is 0. The average Bonchev–Trinajstić information content (AvgIpc) is 2.69. The van der Waals surface area contributed by atoms with Crippen molar-refractivity contribution >= 4 is 23.4 Å². The van der Waals surface area contributed by atoms with Crippen molar-refractivity contribution in [1.29, 1.82) is 0 Å². The first-order valence-corrected chi connectivity index (χ1v) is 8.75. The van der Waals surface area contributed by atoms with E-state index in [4.69, 9.17) is 25.8 Å². The van der Waals surface area contributed by atoms with Gasteiger partial charge in [0.1, 0.15) is 18.1 Å². The molecule has 8 heteroatoms. The van der Waals surface area contributed by atoms with Crippen LogP contribution < -0.4 is 20.3 Å². The third kappa shape index (κ3) is 7.16. The van der Waals surface area contributed by atoms with E-state index in [9.17, 15) is 9.59 Å². The number of benzene rings is 2. The number of carbonyl (C=O) groups is 2. The molecular weight excluding hydrogens is 372 g/mol. The molecule has 2 N–H and O–H groups in total. The lowest BCUT2D eigenvalue weighted by Crippen LogP contribution is -2.43. The van der Waals surface area contributed by atoms with Gasteiger partial charge in [0.15, 0.2) is 6.61 Å². The minimum Gasteiger partial charge on any atom is -0.490 e. The van der Waals surface area contributed by atoms with Crippen LogP contribution in [-0.2, 0) is 9.53 Å². The fourth-order valence-corrected chi connectivity index (χ4v) is 2.17. The molecule has 0 saturated heterocycles. The number of carbonyl (C=O) groups excluding carboxylic acids is 2. The highest BCUT2D eigenvalue weighted by Gasteiger charge is 2.13. The predicted molar refractivity (Wildman–Crippen MR) is 101 cm³/mol. The second-order valence-corrected chi connectivity index (χ2v) is 5.72. The van der Waals surface area contributed by atoms with Crippen molar-refractivity contribution in [3.8, 4) is 11.5 Å². The highest BCUT2D eigenvalue weighted by atomic mass is 35.5. The van der Waals surface area contributed by atoms with E-state index in [2.05, 4.69) is 10.9 Å². The van der Waals surface area contributed by atoms with Gasteiger partial charge in [-0.15, -0.1) is 0 Å². The molecule has 0 atom stereocenters. The first-order chi connectivity index (χ1) is 13.1. The number of ether oxygens (including phenoxy) is 3. The Morgan fingerprint density at radius 1 is 0.963 bits per heavy atom. The van der Waals surface area contributed by atoms with Gasteiger partial charge in [-0.3, -0.25) is 20.4 Å². The minimum atomic E-state index is -0.506. The molecule has 0 aliphatic heterocycles. The highest BCUT2D eigenvalue weighted by molar-refractivity contribution is 6.30. The summed E-state index contributed by atoms with van der Waals surface area (Å²) in [5.41, 5.74) is 4.93. The van der Waals surface area contributed by atoms with Crippen LogP contribution >= 0.6 is 11.6 Å². The molecule has 0 fully saturated rings. The predicted octanol–water partition coefficient (Wildman–Crippen LogP) is 2.60. The second kappa shape index (κ2) is 11.1. The Bertz CT molecular complexity index is 752. The van der Waals surface area contributed by atoms with Crippen LogP contribution in [0, 0.1) is 0 Å². The number of nitrogens with one attached hydrogen (secondary N) is 2. The maximum absolute atomic E-state index is 12.3. The highest BCUT2D eigenvalue weighted by Crippen LogP contribution is 2.17. The Morgan fingerprint density at radius 2 is 1.70 bits per heavy atom. The fourth-order valence-electron chi connectivity index (χ4n) is 2.04. The maximum Gasteiger partial charge on any atom is 0.276 e. The summed E-state index contributed by atoms with van der Waals surface area (Å²) >= 11 is 5.78. The fraction of sp³-hybridized carbons (Fsp3) is 0.263. The van der Waals surface area contributed by atoms with Crippen LogP contribution in [0.1, 0.15) is 17.3 Å². The summed E-state index contributed by atoms with van der Waals surface area (Å²) in [5.74, 6) is -0.106. The molecule has 0 radical (unpaired) electrons. The van der Waals surface area contributed by atoms with Gasteiger partial charge in [-0.1, -0.05) is 23.7 Å². The van der Waals surface area contributed by atoms with Crippen molar-refractivity contribution in [1.82, 2.24) is 10.9 Å². The van der Waals surface area contributed by atoms with E-state index in [0.29, 0.717) is 41.9 Å². The monoisotopic (exact) mass is 392 g/mol. The molecule has 7 nitrogen and oxygen atoms in total. The van der Waals surface area contributed by atoms with Gasteiger partial charge < -0.3 is 14.2 Å². The van der Waals surface area contributed by atoms with Crippen LogP contribution in [0.2, 0.25) is 5.02 Å². The molecule has 2 rings (SSSR count). The maximum atomic E-state index is 12.3. The van der Waals surface area contributed by atoms with Gasteiger partial charge in [0, 0.05) is 11.6 Å². The zero-order valence-electron chi connectivity index (χ0n) is 14.9. The third-order valence-electron chi connectivity index (χ3n) is 3.32. The number of rotatable bonds is 9. The Balaban J connectivity index is 1.80. The molecule has 0 saturated carbocycles. The topological polar surface area (TPSA) is 85.9 Å². The van der Waals surface area contributed by atoms with Crippen molar-refractivity contribution in [3.05, 3.63) is 59.1 Å². The van der Waals surface area contributed by atoms with Crippen LogP contribution in [-0.4, -0.2) is 38.2 Å². The van der Waals surface area contributed by atoms with Gasteiger partial charge >= 0.3 is 0 Å². The standard InChI is InChI=1S/C19H21ClN2O5/c1-2-25-11-12-26-17-6-4-3-5-16(17)19(24)22-21-18(23)13-27-15-9-7-14(20)8-10-15/h3-10H,2,11-13H2,1H3,(H,21,23)(H,22,24). The second-order valence-electron chi connectivity index (χ2n) is 5.29. The van der Waals surface area contributed by atoms with E-state index in [1.165, 1.54) is 0 Å². The third-order valence-corrected chi connectivity index (χ3v) is 3.57. The molecule has 27 heavy (non-hydrogen) atoms. The van der Waals surface area contributed by atoms with E-state index in [0.717, 1.165) is 0 Å². The van der Waals surface area contributed by atoms with Crippen molar-refractivity contribution in [2.75, 3.05) is 26.4 Å². The number of para-hydroxylation sites is 1. The summed E-state index contributed by atoms with van der Waals surface area (Å²) in [6.45, 7) is 2.97. The Labute approximate surface area is 162 Å². The van der Waals surface area contributed by atoms with Crippen LogP contribution in [0.15, 0.2) is 48.5 Å². The van der Waals surface area contributed by atoms with Gasteiger partial charge in [0.25, 0.3) is 11.8 Å². The first-order valence-electron chi connectivity index (χ1n) is 8.37. The SMILES string of the molecule is CCOCCOc1ccccc1C(=O)NNC(=O)COc1ccc(Cl)cc1. The number of amides is 2. The van der Waals surface area contributed by atoms with E-state index in [1.807, 2.05) is 6.92 Å². The molecule has 0 aliphatic rings. The smallest absolute Gasteiger partial charge is 0.276 e. The summed E-state index contributed by atoms with van der Waals surface area (Å²) in [5, 5.41) is 0.571. The summed E-state index contributed by atoms with van der Waals surface area (Å²) < 4.78 is 16.0. The van der Waals surface area contributed by atoms with Crippen molar-refractivity contribution in [2.45, 2.75) is 6.92 Å². The van der Waals surface area contributed by atoms with E-state index in [1.54, 1.807) is 48.5 Å². The molecule has 0 unspecified atom stereocenters. The molecule has 0 aliphatic carbocycles. The van der Waals surface area contributed by atoms with Gasteiger partial charge in [-0.05, 0) is 43.3 Å². The number of hydrazine groups is 1. The molecule has 2 aromatic rings. The van der Waals surface area contributed by atoms with Crippen LogP contribution in [0.3, 0.4) is 0 Å². The van der Waals surface area contributed by atoms with E-state index < -0.39 is 11.8 Å². The van der Waals surface area contributed by atoms with Crippen molar-refractivity contribution < 1.29 is 23.8 Å². The Kier molecular flexibility index (Phi) is 8.41. The van der Waals surface area contributed by atoms with E-state index in [-0.39, 0.29) is 6.61 Å². The van der Waals surface area contributed by atoms with Crippen molar-refractivity contribution in [3.63, 3.8) is 0 Å². The minimum absolute atomic E-state index is 0.256. The quantitative estimate of drug-likeness (QED) is 0.506. The Morgan fingerprint density at radius 3 is 2.44 bits per heavy atom. The lowest BCUT2D eigenvalue weighted by molar-refractivity contribution is -0.123. The van der Waals surface area contributed by atoms with Crippen LogP contribution in [0.25, 0.3) is 0 Å². The molecule has 0 spiro atoms. The molecule has 0 bridgehead atoms. The van der Waals surface area contributed by atoms with Crippen LogP contribution in [0.4, 0.5) is 0 Å². The van der Waals surface area contributed by atoms with Gasteiger partial charge in [-0.2, -0.15) is 0 Å². The van der Waals surface area contributed by atoms with Gasteiger partial charge in [0.05, 0.1) is 12.2 Å². The summed E-state index contributed by atoms with van der Waals surface area (Å²) in [6.07, 6.45) is 0. The Hall–Kier alpha value is -2.77. The van der Waals surface area contributed by atoms with Crippen LogP contribution in [0.5, 0.6) is 11.5 Å². The molecule has 144 valence electrons. The summed E-state index contributed by atoms with van der Waals surface area (Å²) in [4.78, 5) is 24.1. The molecular formula is C19H21ClN2O5. The molecule has 0 aromatic heterocycles. The van der Waals surface area contributed by atoms with Gasteiger partial charge in [-0.25, -0.2) is 0 Å². The van der Waals surface area contributed by atoms with Crippen molar-refractivity contribution in [2.24, 2.45) is 0 Å². The molecule has 0 heterocycles. The zero-order chi connectivity index (χ0) is 19.5. The lowest BCUT2D eigenvalue weighted by atomic mass is 10.2. The first kappa shape index (κ1) is 20.5. The van der Waals surface area contributed by atoms with E-state index >= 15 is 0 Å². The number of hydrogen-bond donors (Lipinski definition) is 2. The van der Waals surface area contributed by atoms with Gasteiger partial charge in [0.2, 0.25) is 0 Å². The molecule has 2 amide bonds. The zero-order valence-corrected chi connectivity index (χ0v) is 15.6. The lowest BCUT2D eigenvalue weighted by Gasteiger charge is -2.12. The average molecular weight is 393 g/mol. The number of hydrogen-bond acceptors (Lipinski definition) is 5. The number of halogens is 1. The largest absolute Gasteiger partial charge is 0.490 e. The molecule has 2 aromatic carbocycles.